The minimum Gasteiger partial charge on any atom is -0.0654 e. The van der Waals surface area contributed by atoms with Gasteiger partial charge in [-0.15, -0.1) is 0 Å². The Kier molecular flexibility index (Phi) is 5.06. The van der Waals surface area contributed by atoms with Gasteiger partial charge in [0, 0.05) is 0 Å². The van der Waals surface area contributed by atoms with Crippen molar-refractivity contribution in [3.63, 3.8) is 0 Å². The molecule has 0 fully saturated rings. The maximum absolute atomic E-state index is 2.42. The van der Waals surface area contributed by atoms with Gasteiger partial charge < -0.3 is 0 Å². The maximum atomic E-state index is 2.42. The molecular formula is C25H30. The highest BCUT2D eigenvalue weighted by Gasteiger charge is 2.20. The molecule has 4 rings (SSSR count). The summed E-state index contributed by atoms with van der Waals surface area (Å²) >= 11 is 0. The molecule has 0 amide bonds. The van der Waals surface area contributed by atoms with E-state index >= 15 is 0 Å². The van der Waals surface area contributed by atoms with Crippen molar-refractivity contribution in [2.24, 2.45) is 5.92 Å². The summed E-state index contributed by atoms with van der Waals surface area (Å²) in [5, 5.41) is 5.70. The van der Waals surface area contributed by atoms with E-state index in [9.17, 15) is 0 Å². The number of benzene rings is 3. The molecule has 1 aliphatic rings. The smallest absolute Gasteiger partial charge is 0.0102 e. The summed E-state index contributed by atoms with van der Waals surface area (Å²) in [6, 6.07) is 18.3. The van der Waals surface area contributed by atoms with E-state index in [0.29, 0.717) is 0 Å². The van der Waals surface area contributed by atoms with E-state index in [1.54, 1.807) is 11.1 Å². The zero-order valence-electron chi connectivity index (χ0n) is 15.6. The summed E-state index contributed by atoms with van der Waals surface area (Å²) in [7, 11) is 0. The summed E-state index contributed by atoms with van der Waals surface area (Å²) in [6.07, 6.45) is 12.4. The Balaban J connectivity index is 1.54. The SMILES string of the molecule is CCCCCCCC1CCc2c(ccc3c2ccc2ccccc23)C1. The van der Waals surface area contributed by atoms with Crippen LogP contribution in [0.15, 0.2) is 48.5 Å². The molecule has 25 heavy (non-hydrogen) atoms. The lowest BCUT2D eigenvalue weighted by Gasteiger charge is -2.26. The van der Waals surface area contributed by atoms with Crippen molar-refractivity contribution < 1.29 is 0 Å². The van der Waals surface area contributed by atoms with Gasteiger partial charge in [0.2, 0.25) is 0 Å². The Morgan fingerprint density at radius 3 is 2.56 bits per heavy atom. The van der Waals surface area contributed by atoms with Crippen molar-refractivity contribution in [2.45, 2.75) is 64.7 Å². The van der Waals surface area contributed by atoms with E-state index in [1.807, 2.05) is 0 Å². The molecule has 0 aromatic heterocycles. The maximum Gasteiger partial charge on any atom is -0.0102 e. The molecule has 0 saturated carbocycles. The zero-order chi connectivity index (χ0) is 17.1. The van der Waals surface area contributed by atoms with Crippen LogP contribution in [0.3, 0.4) is 0 Å². The first-order valence-electron chi connectivity index (χ1n) is 10.3. The van der Waals surface area contributed by atoms with Gasteiger partial charge in [0.05, 0.1) is 0 Å². The van der Waals surface area contributed by atoms with Gasteiger partial charge in [-0.05, 0) is 57.9 Å². The van der Waals surface area contributed by atoms with E-state index in [1.165, 1.54) is 79.3 Å². The normalized spacial score (nSPS) is 17.1. The van der Waals surface area contributed by atoms with Gasteiger partial charge in [0.25, 0.3) is 0 Å². The summed E-state index contributed by atoms with van der Waals surface area (Å²) in [5.74, 6) is 0.909. The highest BCUT2D eigenvalue weighted by Crippen LogP contribution is 2.36. The number of rotatable bonds is 6. The molecule has 3 aromatic rings. The highest BCUT2D eigenvalue weighted by atomic mass is 14.2. The molecule has 0 N–H and O–H groups in total. The van der Waals surface area contributed by atoms with Crippen molar-refractivity contribution in [3.05, 3.63) is 59.7 Å². The summed E-state index contributed by atoms with van der Waals surface area (Å²) in [5.41, 5.74) is 3.25. The number of hydrogen-bond donors (Lipinski definition) is 0. The predicted molar refractivity (Wildman–Crippen MR) is 110 cm³/mol. The molecule has 0 heteroatoms. The molecule has 0 heterocycles. The summed E-state index contributed by atoms with van der Waals surface area (Å²) in [6.45, 7) is 2.30. The molecule has 1 atom stereocenters. The standard InChI is InChI=1S/C25H30/c1-2-3-4-5-6-9-19-12-15-23-21(18-19)14-17-24-22-11-8-7-10-20(22)13-16-25(23)24/h7-8,10-11,13-14,16-17,19H,2-6,9,12,15,18H2,1H3. The average Bonchev–Trinajstić information content (AvgIpc) is 2.67. The minimum atomic E-state index is 0.909. The van der Waals surface area contributed by atoms with Crippen LogP contribution >= 0.6 is 0 Å². The second kappa shape index (κ2) is 7.60. The second-order valence-electron chi connectivity index (χ2n) is 7.90. The van der Waals surface area contributed by atoms with Gasteiger partial charge in [-0.3, -0.25) is 0 Å². The van der Waals surface area contributed by atoms with Gasteiger partial charge >= 0.3 is 0 Å². The molecule has 0 aliphatic heterocycles. The second-order valence-corrected chi connectivity index (χ2v) is 7.90. The van der Waals surface area contributed by atoms with Crippen LogP contribution in [-0.4, -0.2) is 0 Å². The topological polar surface area (TPSA) is 0 Å². The van der Waals surface area contributed by atoms with Crippen molar-refractivity contribution in [1.82, 2.24) is 0 Å². The van der Waals surface area contributed by atoms with Gasteiger partial charge in [0.15, 0.2) is 0 Å². The zero-order valence-corrected chi connectivity index (χ0v) is 15.6. The van der Waals surface area contributed by atoms with Gasteiger partial charge in [-0.2, -0.15) is 0 Å². The number of hydrogen-bond acceptors (Lipinski definition) is 0. The molecule has 0 bridgehead atoms. The van der Waals surface area contributed by atoms with Crippen molar-refractivity contribution >= 4 is 21.5 Å². The van der Waals surface area contributed by atoms with Crippen LogP contribution in [0.4, 0.5) is 0 Å². The number of unbranched alkanes of at least 4 members (excludes halogenated alkanes) is 4. The fourth-order valence-electron chi connectivity index (χ4n) is 4.73. The molecule has 0 saturated heterocycles. The van der Waals surface area contributed by atoms with Crippen LogP contribution in [0.25, 0.3) is 21.5 Å². The Hall–Kier alpha value is -1.82. The van der Waals surface area contributed by atoms with E-state index < -0.39 is 0 Å². The van der Waals surface area contributed by atoms with Crippen molar-refractivity contribution in [2.75, 3.05) is 0 Å². The third-order valence-electron chi connectivity index (χ3n) is 6.16. The Morgan fingerprint density at radius 1 is 0.800 bits per heavy atom. The van der Waals surface area contributed by atoms with Gasteiger partial charge in [-0.25, -0.2) is 0 Å². The van der Waals surface area contributed by atoms with Crippen LogP contribution in [0.5, 0.6) is 0 Å². The van der Waals surface area contributed by atoms with Crippen LogP contribution < -0.4 is 0 Å². The fourth-order valence-corrected chi connectivity index (χ4v) is 4.73. The molecule has 0 radical (unpaired) electrons. The van der Waals surface area contributed by atoms with Gasteiger partial charge in [-0.1, -0.05) is 94.0 Å². The lowest BCUT2D eigenvalue weighted by Crippen LogP contribution is -2.14. The van der Waals surface area contributed by atoms with Gasteiger partial charge in [0.1, 0.15) is 0 Å². The Labute approximate surface area is 152 Å². The third kappa shape index (κ3) is 3.45. The Bertz CT molecular complexity index is 858. The van der Waals surface area contributed by atoms with E-state index in [-0.39, 0.29) is 0 Å². The molecule has 130 valence electrons. The highest BCUT2D eigenvalue weighted by molar-refractivity contribution is 6.08. The van der Waals surface area contributed by atoms with E-state index in [0.717, 1.165) is 5.92 Å². The van der Waals surface area contributed by atoms with Crippen LogP contribution in [-0.2, 0) is 12.8 Å². The van der Waals surface area contributed by atoms with Crippen LogP contribution in [0.2, 0.25) is 0 Å². The summed E-state index contributed by atoms with van der Waals surface area (Å²) in [4.78, 5) is 0. The fraction of sp³-hybridized carbons (Fsp3) is 0.440. The third-order valence-corrected chi connectivity index (χ3v) is 6.16. The van der Waals surface area contributed by atoms with Crippen LogP contribution in [0.1, 0.15) is 63.0 Å². The monoisotopic (exact) mass is 330 g/mol. The Morgan fingerprint density at radius 2 is 1.64 bits per heavy atom. The number of fused-ring (bicyclic) bond motifs is 5. The van der Waals surface area contributed by atoms with Crippen molar-refractivity contribution in [1.29, 1.82) is 0 Å². The lowest BCUT2D eigenvalue weighted by molar-refractivity contribution is 0.406. The largest absolute Gasteiger partial charge is 0.0654 e. The summed E-state index contributed by atoms with van der Waals surface area (Å²) < 4.78 is 0. The minimum absolute atomic E-state index is 0.909. The predicted octanol–water partition coefficient (Wildman–Crippen LogP) is 7.46. The molecular weight excluding hydrogens is 300 g/mol. The first-order chi connectivity index (χ1) is 12.4. The molecule has 1 unspecified atom stereocenters. The van der Waals surface area contributed by atoms with E-state index in [4.69, 9.17) is 0 Å². The molecule has 1 aliphatic carbocycles. The number of aryl methyl sites for hydroxylation is 1. The van der Waals surface area contributed by atoms with E-state index in [2.05, 4.69) is 55.5 Å². The van der Waals surface area contributed by atoms with Crippen LogP contribution in [0, 0.1) is 5.92 Å². The van der Waals surface area contributed by atoms with Crippen molar-refractivity contribution in [3.8, 4) is 0 Å². The quantitative estimate of drug-likeness (QED) is 0.325. The lowest BCUT2D eigenvalue weighted by atomic mass is 9.79. The molecule has 0 nitrogen and oxygen atoms in total. The average molecular weight is 331 g/mol. The molecule has 3 aromatic carbocycles. The molecule has 0 spiro atoms. The first-order valence-corrected chi connectivity index (χ1v) is 10.3. The first kappa shape index (κ1) is 16.6.